The molecule has 35 heavy (non-hydrogen) atoms. The van der Waals surface area contributed by atoms with Crippen molar-refractivity contribution in [3.63, 3.8) is 0 Å². The van der Waals surface area contributed by atoms with Gasteiger partial charge in [-0.2, -0.15) is 0 Å². The Balaban J connectivity index is 2.39. The molecule has 188 valence electrons. The zero-order chi connectivity index (χ0) is 26.2. The zero-order valence-electron chi connectivity index (χ0n) is 21.6. The van der Waals surface area contributed by atoms with Crippen LogP contribution in [0.15, 0.2) is 54.6 Å². The molecule has 2 aromatic rings. The Labute approximate surface area is 208 Å². The summed E-state index contributed by atoms with van der Waals surface area (Å²) in [5.74, 6) is -0.444. The van der Waals surface area contributed by atoms with Crippen LogP contribution in [-0.2, 0) is 30.0 Å². The molecule has 0 N–H and O–H groups in total. The molecule has 6 heteroatoms. The predicted octanol–water partition coefficient (Wildman–Crippen LogP) is 5.32. The molecule has 0 fully saturated rings. The lowest BCUT2D eigenvalue weighted by molar-refractivity contribution is -0.140. The Morgan fingerprint density at radius 2 is 1.57 bits per heavy atom. The minimum atomic E-state index is -0.944. The van der Waals surface area contributed by atoms with Crippen LogP contribution in [0.4, 0.5) is 0 Å². The molecule has 0 amide bonds. The third-order valence-electron chi connectivity index (χ3n) is 5.49. The van der Waals surface area contributed by atoms with Crippen LogP contribution < -0.4 is 9.47 Å². The summed E-state index contributed by atoms with van der Waals surface area (Å²) >= 11 is 0. The minimum absolute atomic E-state index is 0.0130. The van der Waals surface area contributed by atoms with Gasteiger partial charge in [-0.05, 0) is 40.2 Å². The number of hydrogen-bond acceptors (Lipinski definition) is 6. The molecule has 0 bridgehead atoms. The van der Waals surface area contributed by atoms with Crippen LogP contribution in [0.1, 0.15) is 64.2 Å². The van der Waals surface area contributed by atoms with Crippen molar-refractivity contribution in [2.24, 2.45) is 0 Å². The van der Waals surface area contributed by atoms with Crippen LogP contribution in [-0.4, -0.2) is 38.4 Å². The highest BCUT2D eigenvalue weighted by Gasteiger charge is 2.35. The second-order valence-corrected chi connectivity index (χ2v) is 10.3. The van der Waals surface area contributed by atoms with Crippen molar-refractivity contribution in [1.29, 1.82) is 0 Å². The molecular formula is C29H36O6. The smallest absolute Gasteiger partial charge is 0.334 e. The number of carbonyl (C=O) groups excluding carboxylic acids is 3. The van der Waals surface area contributed by atoms with E-state index in [9.17, 15) is 14.4 Å². The molecule has 0 aliphatic carbocycles. The number of hydrogen-bond donors (Lipinski definition) is 0. The third-order valence-corrected chi connectivity index (χ3v) is 5.49. The van der Waals surface area contributed by atoms with E-state index < -0.39 is 17.3 Å². The molecule has 0 saturated heterocycles. The van der Waals surface area contributed by atoms with Crippen molar-refractivity contribution in [2.45, 2.75) is 58.3 Å². The SMILES string of the molecule is C=C(C(=O)OCCOc1ccccc1)C(C=O)c1c(C(C)(C)C)ccc(OCC=O)c1C(C)(C)C. The van der Waals surface area contributed by atoms with E-state index in [0.717, 1.165) is 11.1 Å². The maximum atomic E-state index is 12.9. The molecule has 1 atom stereocenters. The van der Waals surface area contributed by atoms with Crippen LogP contribution >= 0.6 is 0 Å². The van der Waals surface area contributed by atoms with Gasteiger partial charge in [-0.1, -0.05) is 72.4 Å². The molecule has 1 unspecified atom stereocenters. The highest BCUT2D eigenvalue weighted by atomic mass is 16.6. The van der Waals surface area contributed by atoms with Crippen molar-refractivity contribution >= 4 is 18.5 Å². The van der Waals surface area contributed by atoms with Gasteiger partial charge in [-0.25, -0.2) is 4.79 Å². The van der Waals surface area contributed by atoms with E-state index in [2.05, 4.69) is 6.58 Å². The fourth-order valence-corrected chi connectivity index (χ4v) is 3.95. The van der Waals surface area contributed by atoms with E-state index in [0.29, 0.717) is 29.6 Å². The van der Waals surface area contributed by atoms with Gasteiger partial charge in [0.1, 0.15) is 37.6 Å². The van der Waals surface area contributed by atoms with Gasteiger partial charge in [-0.3, -0.25) is 4.79 Å². The average molecular weight is 481 g/mol. The summed E-state index contributed by atoms with van der Waals surface area (Å²) in [7, 11) is 0. The van der Waals surface area contributed by atoms with Gasteiger partial charge in [0.15, 0.2) is 6.29 Å². The lowest BCUT2D eigenvalue weighted by Crippen LogP contribution is -2.27. The number of rotatable bonds is 11. The monoisotopic (exact) mass is 480 g/mol. The number of esters is 1. The number of ether oxygens (including phenoxy) is 3. The van der Waals surface area contributed by atoms with Crippen LogP contribution in [0.5, 0.6) is 11.5 Å². The van der Waals surface area contributed by atoms with Crippen molar-refractivity contribution in [3.05, 3.63) is 71.3 Å². The highest BCUT2D eigenvalue weighted by Crippen LogP contribution is 2.44. The number of benzene rings is 2. The Morgan fingerprint density at radius 1 is 0.914 bits per heavy atom. The van der Waals surface area contributed by atoms with Crippen molar-refractivity contribution in [2.75, 3.05) is 19.8 Å². The topological polar surface area (TPSA) is 78.9 Å². The van der Waals surface area contributed by atoms with Gasteiger partial charge in [0.05, 0.1) is 5.92 Å². The normalized spacial score (nSPS) is 12.4. The second-order valence-electron chi connectivity index (χ2n) is 10.3. The van der Waals surface area contributed by atoms with Gasteiger partial charge < -0.3 is 19.0 Å². The summed E-state index contributed by atoms with van der Waals surface area (Å²) in [6.45, 7) is 16.1. The average Bonchev–Trinajstić information content (AvgIpc) is 2.79. The quantitative estimate of drug-likeness (QED) is 0.187. The van der Waals surface area contributed by atoms with Crippen molar-refractivity contribution in [1.82, 2.24) is 0 Å². The summed E-state index contributed by atoms with van der Waals surface area (Å²) in [4.78, 5) is 36.3. The fourth-order valence-electron chi connectivity index (χ4n) is 3.95. The van der Waals surface area contributed by atoms with E-state index >= 15 is 0 Å². The maximum absolute atomic E-state index is 12.9. The summed E-state index contributed by atoms with van der Waals surface area (Å²) in [5, 5.41) is 0. The molecule has 0 aromatic heterocycles. The lowest BCUT2D eigenvalue weighted by Gasteiger charge is -2.34. The predicted molar refractivity (Wildman–Crippen MR) is 136 cm³/mol. The van der Waals surface area contributed by atoms with Crippen molar-refractivity contribution in [3.8, 4) is 11.5 Å². The van der Waals surface area contributed by atoms with Gasteiger partial charge >= 0.3 is 5.97 Å². The first-order valence-electron chi connectivity index (χ1n) is 11.6. The van der Waals surface area contributed by atoms with Crippen LogP contribution in [0.25, 0.3) is 0 Å². The van der Waals surface area contributed by atoms with Crippen LogP contribution in [0.3, 0.4) is 0 Å². The number of aldehydes is 2. The zero-order valence-corrected chi connectivity index (χ0v) is 21.6. The maximum Gasteiger partial charge on any atom is 0.334 e. The summed E-state index contributed by atoms with van der Waals surface area (Å²) in [6, 6.07) is 12.9. The molecule has 0 aliphatic rings. The summed E-state index contributed by atoms with van der Waals surface area (Å²) < 4.78 is 16.7. The van der Waals surface area contributed by atoms with Gasteiger partial charge in [0.25, 0.3) is 0 Å². The van der Waals surface area contributed by atoms with E-state index in [1.54, 1.807) is 0 Å². The lowest BCUT2D eigenvalue weighted by atomic mass is 9.71. The van der Waals surface area contributed by atoms with Gasteiger partial charge in [-0.15, -0.1) is 0 Å². The second kappa shape index (κ2) is 11.8. The molecule has 0 saturated carbocycles. The number of carbonyl (C=O) groups is 3. The largest absolute Gasteiger partial charge is 0.490 e. The van der Waals surface area contributed by atoms with E-state index in [1.807, 2.05) is 84.0 Å². The van der Waals surface area contributed by atoms with E-state index in [-0.39, 0.29) is 30.8 Å². The summed E-state index contributed by atoms with van der Waals surface area (Å²) in [6.07, 6.45) is 1.39. The fraction of sp³-hybridized carbons (Fsp3) is 0.414. The molecule has 0 spiro atoms. The molecule has 0 heterocycles. The Hall–Kier alpha value is -3.41. The molecule has 0 radical (unpaired) electrons. The van der Waals surface area contributed by atoms with E-state index in [4.69, 9.17) is 14.2 Å². The Kier molecular flexibility index (Phi) is 9.40. The highest BCUT2D eigenvalue weighted by molar-refractivity contribution is 5.95. The van der Waals surface area contributed by atoms with E-state index in [1.165, 1.54) is 0 Å². The Morgan fingerprint density at radius 3 is 2.11 bits per heavy atom. The third kappa shape index (κ3) is 7.28. The molecule has 0 aliphatic heterocycles. The molecular weight excluding hydrogens is 444 g/mol. The molecule has 2 aromatic carbocycles. The first kappa shape index (κ1) is 27.8. The molecule has 6 nitrogen and oxygen atoms in total. The minimum Gasteiger partial charge on any atom is -0.490 e. The van der Waals surface area contributed by atoms with Gasteiger partial charge in [0, 0.05) is 11.1 Å². The standard InChI is InChI=1S/C29H36O6/c1-20(27(32)35-18-17-33-21-11-9-8-10-12-21)22(19-31)25-23(28(2,3)4)13-14-24(34-16-15-30)26(25)29(5,6)7/h8-15,19,22H,1,16-18H2,2-7H3. The number of para-hydroxylation sites is 1. The van der Waals surface area contributed by atoms with Crippen LogP contribution in [0, 0.1) is 0 Å². The van der Waals surface area contributed by atoms with Crippen LogP contribution in [0.2, 0.25) is 0 Å². The van der Waals surface area contributed by atoms with Crippen molar-refractivity contribution < 1.29 is 28.6 Å². The molecule has 2 rings (SSSR count). The van der Waals surface area contributed by atoms with Gasteiger partial charge in [0.2, 0.25) is 0 Å². The summed E-state index contributed by atoms with van der Waals surface area (Å²) in [5.41, 5.74) is 1.54. The first-order valence-corrected chi connectivity index (χ1v) is 11.6. The Bertz CT molecular complexity index is 1040. The first-order chi connectivity index (χ1) is 16.4.